The Hall–Kier alpha value is -1.26. The molecule has 1 saturated carbocycles. The molecule has 2 rings (SSSR count). The molecule has 4 heteroatoms. The van der Waals surface area contributed by atoms with Gasteiger partial charge in [0.2, 0.25) is 0 Å². The number of hydrogen-bond donors (Lipinski definition) is 2. The van der Waals surface area contributed by atoms with E-state index in [-0.39, 0.29) is 6.61 Å². The average Bonchev–Trinajstić information content (AvgIpc) is 2.83. The molecule has 0 amide bonds. The first-order chi connectivity index (χ1) is 9.04. The Labute approximate surface area is 114 Å². The van der Waals surface area contributed by atoms with Crippen molar-refractivity contribution in [3.8, 4) is 11.5 Å². The number of aliphatic hydroxyl groups is 2. The summed E-state index contributed by atoms with van der Waals surface area (Å²) in [5.41, 5.74) is 0.0808. The number of benzene rings is 1. The van der Waals surface area contributed by atoms with E-state index in [1.807, 2.05) is 0 Å². The molecule has 1 aromatic carbocycles. The minimum Gasteiger partial charge on any atom is -0.493 e. The highest BCUT2D eigenvalue weighted by molar-refractivity contribution is 5.43. The third-order valence-corrected chi connectivity index (χ3v) is 3.70. The van der Waals surface area contributed by atoms with Crippen molar-refractivity contribution < 1.29 is 19.7 Å². The van der Waals surface area contributed by atoms with Gasteiger partial charge in [-0.2, -0.15) is 0 Å². The summed E-state index contributed by atoms with van der Waals surface area (Å²) in [4.78, 5) is 0. The zero-order chi connectivity index (χ0) is 13.9. The molecule has 1 atom stereocenters. The number of rotatable bonds is 5. The van der Waals surface area contributed by atoms with Crippen molar-refractivity contribution in [2.45, 2.75) is 44.3 Å². The monoisotopic (exact) mass is 266 g/mol. The zero-order valence-corrected chi connectivity index (χ0v) is 11.6. The molecule has 1 aliphatic carbocycles. The van der Waals surface area contributed by atoms with Gasteiger partial charge in [-0.25, -0.2) is 0 Å². The summed E-state index contributed by atoms with van der Waals surface area (Å²) < 4.78 is 11.0. The first kappa shape index (κ1) is 14.2. The van der Waals surface area contributed by atoms with Crippen LogP contribution in [0.5, 0.6) is 11.5 Å². The van der Waals surface area contributed by atoms with E-state index in [4.69, 9.17) is 9.47 Å². The molecule has 1 fully saturated rings. The van der Waals surface area contributed by atoms with Gasteiger partial charge in [-0.15, -0.1) is 0 Å². The van der Waals surface area contributed by atoms with E-state index in [2.05, 4.69) is 0 Å². The van der Waals surface area contributed by atoms with Crippen LogP contribution in [-0.2, 0) is 0 Å². The average molecular weight is 266 g/mol. The highest BCUT2D eigenvalue weighted by Gasteiger charge is 2.32. The molecule has 0 bridgehead atoms. The van der Waals surface area contributed by atoms with Crippen molar-refractivity contribution >= 4 is 0 Å². The lowest BCUT2D eigenvalue weighted by Crippen LogP contribution is -2.32. The zero-order valence-electron chi connectivity index (χ0n) is 11.6. The van der Waals surface area contributed by atoms with Crippen molar-refractivity contribution in [1.82, 2.24) is 0 Å². The first-order valence-corrected chi connectivity index (χ1v) is 6.75. The van der Waals surface area contributed by atoms with E-state index < -0.39 is 11.7 Å². The molecule has 19 heavy (non-hydrogen) atoms. The van der Waals surface area contributed by atoms with Gasteiger partial charge in [0, 0.05) is 0 Å². The smallest absolute Gasteiger partial charge is 0.161 e. The molecule has 1 aliphatic rings. The molecule has 0 heterocycles. The summed E-state index contributed by atoms with van der Waals surface area (Å²) in [7, 11) is 1.57. The third-order valence-electron chi connectivity index (χ3n) is 3.70. The first-order valence-electron chi connectivity index (χ1n) is 6.75. The standard InChI is InChI=1S/C15H22O4/c1-11(16)12-5-6-13(14(9-12)18-2)19-10-15(17)7-3-4-8-15/h5-6,9,11,16-17H,3-4,7-8,10H2,1-2H3/t11-/m0/s1. The van der Waals surface area contributed by atoms with E-state index in [1.54, 1.807) is 32.2 Å². The summed E-state index contributed by atoms with van der Waals surface area (Å²) in [5.74, 6) is 1.19. The molecule has 0 spiro atoms. The van der Waals surface area contributed by atoms with Crippen LogP contribution in [0.25, 0.3) is 0 Å². The van der Waals surface area contributed by atoms with Crippen LogP contribution >= 0.6 is 0 Å². The Morgan fingerprint density at radius 3 is 2.53 bits per heavy atom. The SMILES string of the molecule is COc1cc([C@H](C)O)ccc1OCC1(O)CCCC1. The van der Waals surface area contributed by atoms with Gasteiger partial charge in [0.15, 0.2) is 11.5 Å². The second-order valence-corrected chi connectivity index (χ2v) is 5.31. The second kappa shape index (κ2) is 5.80. The number of ether oxygens (including phenoxy) is 2. The minimum atomic E-state index is -0.700. The fraction of sp³-hybridized carbons (Fsp3) is 0.600. The molecule has 0 radical (unpaired) electrons. The lowest BCUT2D eigenvalue weighted by Gasteiger charge is -2.23. The van der Waals surface area contributed by atoms with Crippen LogP contribution in [0.2, 0.25) is 0 Å². The predicted molar refractivity (Wildman–Crippen MR) is 72.5 cm³/mol. The number of aliphatic hydroxyl groups excluding tert-OH is 1. The van der Waals surface area contributed by atoms with Gasteiger partial charge in [0.1, 0.15) is 6.61 Å². The largest absolute Gasteiger partial charge is 0.493 e. The summed E-state index contributed by atoms with van der Waals surface area (Å²) in [6, 6.07) is 5.35. The molecule has 4 nitrogen and oxygen atoms in total. The molecule has 106 valence electrons. The second-order valence-electron chi connectivity index (χ2n) is 5.31. The van der Waals surface area contributed by atoms with Crippen LogP contribution in [-0.4, -0.2) is 29.5 Å². The van der Waals surface area contributed by atoms with Gasteiger partial charge in [-0.1, -0.05) is 18.9 Å². The summed E-state index contributed by atoms with van der Waals surface area (Å²) >= 11 is 0. The quantitative estimate of drug-likeness (QED) is 0.859. The minimum absolute atomic E-state index is 0.289. The van der Waals surface area contributed by atoms with E-state index in [9.17, 15) is 10.2 Å². The molecule has 0 aliphatic heterocycles. The Balaban J connectivity index is 2.07. The third kappa shape index (κ3) is 3.39. The Morgan fingerprint density at radius 1 is 1.26 bits per heavy atom. The summed E-state index contributed by atoms with van der Waals surface area (Å²) in [6.07, 6.45) is 3.15. The maximum Gasteiger partial charge on any atom is 0.161 e. The topological polar surface area (TPSA) is 58.9 Å². The van der Waals surface area contributed by atoms with Crippen molar-refractivity contribution in [3.05, 3.63) is 23.8 Å². The van der Waals surface area contributed by atoms with Crippen molar-refractivity contribution in [2.24, 2.45) is 0 Å². The predicted octanol–water partition coefficient (Wildman–Crippen LogP) is 2.43. The number of methoxy groups -OCH3 is 1. The van der Waals surface area contributed by atoms with Crippen LogP contribution in [0.3, 0.4) is 0 Å². The lowest BCUT2D eigenvalue weighted by atomic mass is 10.0. The Kier molecular flexibility index (Phi) is 4.32. The van der Waals surface area contributed by atoms with Crippen LogP contribution in [0, 0.1) is 0 Å². The van der Waals surface area contributed by atoms with Crippen molar-refractivity contribution in [1.29, 1.82) is 0 Å². The highest BCUT2D eigenvalue weighted by Crippen LogP contribution is 2.34. The van der Waals surface area contributed by atoms with Crippen LogP contribution in [0.15, 0.2) is 18.2 Å². The fourth-order valence-corrected chi connectivity index (χ4v) is 2.45. The van der Waals surface area contributed by atoms with Gasteiger partial charge in [-0.05, 0) is 37.5 Å². The number of hydrogen-bond acceptors (Lipinski definition) is 4. The molecule has 1 aromatic rings. The van der Waals surface area contributed by atoms with Gasteiger partial charge < -0.3 is 19.7 Å². The van der Waals surface area contributed by atoms with Gasteiger partial charge >= 0.3 is 0 Å². The normalized spacial score (nSPS) is 19.2. The highest BCUT2D eigenvalue weighted by atomic mass is 16.5. The van der Waals surface area contributed by atoms with E-state index >= 15 is 0 Å². The van der Waals surface area contributed by atoms with Crippen molar-refractivity contribution in [3.63, 3.8) is 0 Å². The summed E-state index contributed by atoms with van der Waals surface area (Å²) in [6.45, 7) is 1.99. The van der Waals surface area contributed by atoms with E-state index in [0.29, 0.717) is 11.5 Å². The van der Waals surface area contributed by atoms with Gasteiger partial charge in [-0.3, -0.25) is 0 Å². The van der Waals surface area contributed by atoms with E-state index in [1.165, 1.54) is 0 Å². The molecule has 2 N–H and O–H groups in total. The Bertz CT molecular complexity index is 422. The maximum absolute atomic E-state index is 10.3. The molecule has 0 aromatic heterocycles. The molecule has 0 saturated heterocycles. The Morgan fingerprint density at radius 2 is 1.95 bits per heavy atom. The van der Waals surface area contributed by atoms with Gasteiger partial charge in [0.05, 0.1) is 18.8 Å². The van der Waals surface area contributed by atoms with Gasteiger partial charge in [0.25, 0.3) is 0 Å². The molecular formula is C15H22O4. The lowest BCUT2D eigenvalue weighted by molar-refractivity contribution is 0.000708. The maximum atomic E-state index is 10.3. The molecule has 0 unspecified atom stereocenters. The van der Waals surface area contributed by atoms with Crippen LogP contribution < -0.4 is 9.47 Å². The fourth-order valence-electron chi connectivity index (χ4n) is 2.45. The van der Waals surface area contributed by atoms with Crippen LogP contribution in [0.4, 0.5) is 0 Å². The van der Waals surface area contributed by atoms with Crippen molar-refractivity contribution in [2.75, 3.05) is 13.7 Å². The van der Waals surface area contributed by atoms with Crippen LogP contribution in [0.1, 0.15) is 44.3 Å². The summed E-state index contributed by atoms with van der Waals surface area (Å²) in [5, 5.41) is 19.8. The molecular weight excluding hydrogens is 244 g/mol. The van der Waals surface area contributed by atoms with E-state index in [0.717, 1.165) is 31.2 Å².